The first-order valence-electron chi connectivity index (χ1n) is 5.97. The van der Waals surface area contributed by atoms with Crippen molar-refractivity contribution in [3.05, 3.63) is 34.1 Å². The molecule has 1 aromatic rings. The van der Waals surface area contributed by atoms with Gasteiger partial charge in [0.05, 0.1) is 4.92 Å². The van der Waals surface area contributed by atoms with Crippen molar-refractivity contribution in [2.75, 3.05) is 20.1 Å². The molecule has 1 unspecified atom stereocenters. The summed E-state index contributed by atoms with van der Waals surface area (Å²) in [6, 6.07) is 2.67. The van der Waals surface area contributed by atoms with Gasteiger partial charge < -0.3 is 5.32 Å². The van der Waals surface area contributed by atoms with Crippen LogP contribution in [-0.4, -0.2) is 43.8 Å². The van der Waals surface area contributed by atoms with Crippen LogP contribution in [0.3, 0.4) is 0 Å². The Labute approximate surface area is 115 Å². The van der Waals surface area contributed by atoms with E-state index >= 15 is 0 Å². The van der Waals surface area contributed by atoms with Crippen LogP contribution in [-0.2, 0) is 10.0 Å². The molecule has 20 heavy (non-hydrogen) atoms. The maximum Gasteiger partial charge on any atom is 0.292 e. The Morgan fingerprint density at radius 3 is 2.75 bits per heavy atom. The number of rotatable bonds is 4. The van der Waals surface area contributed by atoms with Crippen LogP contribution in [0.5, 0.6) is 0 Å². The van der Waals surface area contributed by atoms with Crippen molar-refractivity contribution in [1.82, 2.24) is 9.62 Å². The largest absolute Gasteiger partial charge is 0.315 e. The number of halogens is 1. The highest BCUT2D eigenvalue weighted by Crippen LogP contribution is 2.30. The van der Waals surface area contributed by atoms with E-state index in [-0.39, 0.29) is 6.04 Å². The van der Waals surface area contributed by atoms with Gasteiger partial charge in [0.1, 0.15) is 5.82 Å². The van der Waals surface area contributed by atoms with Gasteiger partial charge in [0.15, 0.2) is 4.90 Å². The second-order valence-electron chi connectivity index (χ2n) is 4.51. The van der Waals surface area contributed by atoms with Crippen LogP contribution < -0.4 is 5.32 Å². The van der Waals surface area contributed by atoms with Gasteiger partial charge in [0.25, 0.3) is 15.7 Å². The molecule has 1 fully saturated rings. The van der Waals surface area contributed by atoms with E-state index in [1.54, 1.807) is 0 Å². The lowest BCUT2D eigenvalue weighted by Crippen LogP contribution is -2.38. The lowest BCUT2D eigenvalue weighted by molar-refractivity contribution is -0.388. The highest BCUT2D eigenvalue weighted by atomic mass is 32.2. The summed E-state index contributed by atoms with van der Waals surface area (Å²) in [5.74, 6) is -1.11. The molecule has 0 aliphatic carbocycles. The number of nitro groups is 1. The molecular weight excluding hydrogens is 289 g/mol. The third kappa shape index (κ3) is 2.51. The van der Waals surface area contributed by atoms with Gasteiger partial charge in [-0.3, -0.25) is 10.1 Å². The Hall–Kier alpha value is -1.58. The van der Waals surface area contributed by atoms with E-state index < -0.39 is 31.3 Å². The number of nitrogens with zero attached hydrogens (tertiary/aromatic N) is 2. The van der Waals surface area contributed by atoms with E-state index in [1.165, 1.54) is 7.05 Å². The number of benzene rings is 1. The predicted octanol–water partition coefficient (Wildman–Crippen LogP) is 0.716. The van der Waals surface area contributed by atoms with Crippen LogP contribution in [0.2, 0.25) is 0 Å². The molecule has 9 heteroatoms. The minimum Gasteiger partial charge on any atom is -0.315 e. The van der Waals surface area contributed by atoms with E-state index in [0.29, 0.717) is 19.5 Å². The fourth-order valence-corrected chi connectivity index (χ4v) is 3.77. The molecule has 1 heterocycles. The summed E-state index contributed by atoms with van der Waals surface area (Å²) in [6.07, 6.45) is 0.581. The summed E-state index contributed by atoms with van der Waals surface area (Å²) in [5, 5.41) is 13.9. The van der Waals surface area contributed by atoms with Gasteiger partial charge in [-0.15, -0.1) is 0 Å². The average molecular weight is 303 g/mol. The smallest absolute Gasteiger partial charge is 0.292 e. The van der Waals surface area contributed by atoms with Crippen LogP contribution in [0.1, 0.15) is 6.42 Å². The van der Waals surface area contributed by atoms with E-state index in [1.807, 2.05) is 0 Å². The van der Waals surface area contributed by atoms with Crippen molar-refractivity contribution < 1.29 is 17.7 Å². The first-order valence-corrected chi connectivity index (χ1v) is 7.41. The summed E-state index contributed by atoms with van der Waals surface area (Å²) in [5.41, 5.74) is -0.747. The maximum absolute atomic E-state index is 13.8. The van der Waals surface area contributed by atoms with Gasteiger partial charge in [0, 0.05) is 25.7 Å². The Balaban J connectivity index is 2.51. The van der Waals surface area contributed by atoms with Crippen molar-refractivity contribution in [2.45, 2.75) is 17.4 Å². The number of sulfonamides is 1. The molecule has 1 aliphatic heterocycles. The molecule has 7 nitrogen and oxygen atoms in total. The Bertz CT molecular complexity index is 629. The Morgan fingerprint density at radius 2 is 2.20 bits per heavy atom. The zero-order valence-corrected chi connectivity index (χ0v) is 11.6. The lowest BCUT2D eigenvalue weighted by atomic mass is 10.3. The second kappa shape index (κ2) is 5.43. The summed E-state index contributed by atoms with van der Waals surface area (Å²) >= 11 is 0. The molecule has 0 radical (unpaired) electrons. The first kappa shape index (κ1) is 14.8. The molecular formula is C11H14FN3O4S. The monoisotopic (exact) mass is 303 g/mol. The number of hydrogen-bond donors (Lipinski definition) is 1. The van der Waals surface area contributed by atoms with Crippen LogP contribution in [0, 0.1) is 15.9 Å². The molecule has 0 aromatic heterocycles. The summed E-state index contributed by atoms with van der Waals surface area (Å²) in [7, 11) is -2.94. The van der Waals surface area contributed by atoms with Gasteiger partial charge in [-0.05, 0) is 19.0 Å². The van der Waals surface area contributed by atoms with Crippen molar-refractivity contribution in [3.63, 3.8) is 0 Å². The van der Waals surface area contributed by atoms with Gasteiger partial charge >= 0.3 is 0 Å². The molecule has 1 saturated heterocycles. The van der Waals surface area contributed by atoms with Gasteiger partial charge in [-0.25, -0.2) is 12.8 Å². The molecule has 1 aliphatic rings. The Morgan fingerprint density at radius 1 is 1.50 bits per heavy atom. The molecule has 1 N–H and O–H groups in total. The van der Waals surface area contributed by atoms with Crippen LogP contribution >= 0.6 is 0 Å². The van der Waals surface area contributed by atoms with Crippen molar-refractivity contribution >= 4 is 15.7 Å². The SMILES string of the molecule is CN(C1CCNC1)S(=O)(=O)c1c(F)cccc1[N+](=O)[O-]. The maximum atomic E-state index is 13.8. The van der Waals surface area contributed by atoms with Crippen LogP contribution in [0.25, 0.3) is 0 Å². The van der Waals surface area contributed by atoms with E-state index in [0.717, 1.165) is 22.5 Å². The van der Waals surface area contributed by atoms with E-state index in [2.05, 4.69) is 5.32 Å². The number of nitro benzene ring substituents is 1. The summed E-state index contributed by atoms with van der Waals surface area (Å²) < 4.78 is 39.7. The Kier molecular flexibility index (Phi) is 4.02. The van der Waals surface area contributed by atoms with Gasteiger partial charge in [-0.2, -0.15) is 4.31 Å². The van der Waals surface area contributed by atoms with E-state index in [9.17, 15) is 22.9 Å². The molecule has 1 atom stereocenters. The van der Waals surface area contributed by atoms with Crippen LogP contribution in [0.15, 0.2) is 23.1 Å². The molecule has 0 spiro atoms. The average Bonchev–Trinajstić information content (AvgIpc) is 2.90. The highest BCUT2D eigenvalue weighted by molar-refractivity contribution is 7.89. The second-order valence-corrected chi connectivity index (χ2v) is 6.45. The van der Waals surface area contributed by atoms with Crippen molar-refractivity contribution in [1.29, 1.82) is 0 Å². The first-order chi connectivity index (χ1) is 9.35. The third-order valence-electron chi connectivity index (χ3n) is 3.33. The van der Waals surface area contributed by atoms with Gasteiger partial charge in [0.2, 0.25) is 0 Å². The summed E-state index contributed by atoms with van der Waals surface area (Å²) in [6.45, 7) is 1.10. The molecule has 0 amide bonds. The van der Waals surface area contributed by atoms with Gasteiger partial charge in [-0.1, -0.05) is 6.07 Å². The molecule has 110 valence electrons. The molecule has 1 aromatic carbocycles. The molecule has 0 bridgehead atoms. The van der Waals surface area contributed by atoms with E-state index in [4.69, 9.17) is 0 Å². The number of likely N-dealkylation sites (N-methyl/N-ethyl adjacent to an activating group) is 1. The minimum atomic E-state index is -4.25. The third-order valence-corrected chi connectivity index (χ3v) is 5.30. The topological polar surface area (TPSA) is 92.6 Å². The minimum absolute atomic E-state index is 0.334. The standard InChI is InChI=1S/C11H14FN3O4S/c1-14(8-5-6-13-7-8)20(18,19)11-9(12)3-2-4-10(11)15(16)17/h2-4,8,13H,5-7H2,1H3. The highest BCUT2D eigenvalue weighted by Gasteiger charge is 2.37. The number of nitrogens with one attached hydrogen (secondary N) is 1. The zero-order valence-electron chi connectivity index (χ0n) is 10.7. The number of hydrogen-bond acceptors (Lipinski definition) is 5. The lowest BCUT2D eigenvalue weighted by Gasteiger charge is -2.23. The summed E-state index contributed by atoms with van der Waals surface area (Å²) in [4.78, 5) is 9.14. The predicted molar refractivity (Wildman–Crippen MR) is 69.3 cm³/mol. The van der Waals surface area contributed by atoms with Crippen LogP contribution in [0.4, 0.5) is 10.1 Å². The zero-order chi connectivity index (χ0) is 14.9. The fourth-order valence-electron chi connectivity index (χ4n) is 2.19. The quantitative estimate of drug-likeness (QED) is 0.653. The normalized spacial score (nSPS) is 19.4. The van der Waals surface area contributed by atoms with Crippen molar-refractivity contribution in [3.8, 4) is 0 Å². The van der Waals surface area contributed by atoms with Crippen molar-refractivity contribution in [2.24, 2.45) is 0 Å². The molecule has 0 saturated carbocycles. The molecule has 2 rings (SSSR count). The fraction of sp³-hybridized carbons (Fsp3) is 0.455.